The van der Waals surface area contributed by atoms with Crippen molar-refractivity contribution < 1.29 is 0 Å². The smallest absolute Gasteiger partial charge is 0.109 e. The molecule has 3 aliphatic rings. The largest absolute Gasteiger partial charge is 0.166 e. The molecular formula is C10H7BrCl6. The van der Waals surface area contributed by atoms with Crippen LogP contribution in [0.25, 0.3) is 0 Å². The second-order valence-electron chi connectivity index (χ2n) is 4.85. The Hall–Kier alpha value is 1.96. The van der Waals surface area contributed by atoms with Crippen molar-refractivity contribution in [2.24, 2.45) is 11.8 Å². The number of allylic oxidation sites excluding steroid dienone is 2. The highest BCUT2D eigenvalue weighted by molar-refractivity contribution is 9.09. The van der Waals surface area contributed by atoms with Crippen molar-refractivity contribution in [1.82, 2.24) is 0 Å². The molecule has 0 nitrogen and oxygen atoms in total. The van der Waals surface area contributed by atoms with Crippen LogP contribution in [0.1, 0.15) is 12.8 Å². The van der Waals surface area contributed by atoms with Gasteiger partial charge in [0.25, 0.3) is 0 Å². The summed E-state index contributed by atoms with van der Waals surface area (Å²) in [4.78, 5) is -1.95. The quantitative estimate of drug-likeness (QED) is 0.447. The third kappa shape index (κ3) is 1.23. The van der Waals surface area contributed by atoms with E-state index in [2.05, 4.69) is 15.9 Å². The minimum atomic E-state index is -1.38. The molecule has 0 N–H and O–H groups in total. The number of rotatable bonds is 0. The molecule has 0 amide bonds. The van der Waals surface area contributed by atoms with Gasteiger partial charge in [-0.05, 0) is 18.8 Å². The van der Waals surface area contributed by atoms with E-state index in [1.54, 1.807) is 0 Å². The number of halogens is 7. The van der Waals surface area contributed by atoms with Gasteiger partial charge < -0.3 is 0 Å². The van der Waals surface area contributed by atoms with E-state index < -0.39 is 14.1 Å². The molecule has 2 saturated carbocycles. The second-order valence-corrected chi connectivity index (χ2v) is 9.30. The average molecular weight is 420 g/mol. The number of alkyl halides is 5. The summed E-state index contributed by atoms with van der Waals surface area (Å²) in [5, 5.41) is 0.608. The summed E-state index contributed by atoms with van der Waals surface area (Å²) in [7, 11) is 0. The molecule has 17 heavy (non-hydrogen) atoms. The molecule has 2 bridgehead atoms. The molecule has 0 spiro atoms. The first-order valence-electron chi connectivity index (χ1n) is 5.16. The van der Waals surface area contributed by atoms with Gasteiger partial charge in [0.05, 0.1) is 10.1 Å². The molecule has 0 saturated heterocycles. The van der Waals surface area contributed by atoms with Crippen LogP contribution in [0, 0.1) is 11.8 Å². The van der Waals surface area contributed by atoms with Gasteiger partial charge in [-0.3, -0.25) is 0 Å². The normalized spacial score (nSPS) is 55.6. The van der Waals surface area contributed by atoms with Crippen LogP contribution in [0.3, 0.4) is 0 Å². The summed E-state index contributed by atoms with van der Waals surface area (Å²) in [5.74, 6) is 0.0581. The molecular weight excluding hydrogens is 413 g/mol. The molecule has 0 aliphatic heterocycles. The third-order valence-corrected chi connectivity index (χ3v) is 9.64. The van der Waals surface area contributed by atoms with E-state index in [1.165, 1.54) is 0 Å². The van der Waals surface area contributed by atoms with Gasteiger partial charge in [0, 0.05) is 10.7 Å². The van der Waals surface area contributed by atoms with Gasteiger partial charge in [0.15, 0.2) is 4.33 Å². The van der Waals surface area contributed by atoms with Crippen LogP contribution in [0.5, 0.6) is 0 Å². The zero-order chi connectivity index (χ0) is 12.8. The second kappa shape index (κ2) is 3.78. The molecule has 5 atom stereocenters. The average Bonchev–Trinajstić information content (AvgIpc) is 2.73. The zero-order valence-corrected chi connectivity index (χ0v) is 14.4. The maximum Gasteiger partial charge on any atom is 0.166 e. The molecule has 0 aromatic rings. The van der Waals surface area contributed by atoms with Gasteiger partial charge in [-0.15, -0.1) is 23.2 Å². The van der Waals surface area contributed by atoms with E-state index in [1.807, 2.05) is 0 Å². The molecule has 7 heteroatoms. The van der Waals surface area contributed by atoms with Crippen LogP contribution in [0.15, 0.2) is 10.1 Å². The van der Waals surface area contributed by atoms with Gasteiger partial charge in [-0.25, -0.2) is 0 Å². The minimum Gasteiger partial charge on any atom is -0.109 e. The number of hydrogen-bond acceptors (Lipinski definition) is 0. The first-order valence-corrected chi connectivity index (χ1v) is 8.35. The Morgan fingerprint density at radius 3 is 2.06 bits per heavy atom. The molecule has 0 heterocycles. The highest BCUT2D eigenvalue weighted by atomic mass is 79.9. The summed E-state index contributed by atoms with van der Waals surface area (Å²) in [6.07, 6.45) is 1.86. The Morgan fingerprint density at radius 2 is 1.47 bits per heavy atom. The number of hydrogen-bond donors (Lipinski definition) is 0. The van der Waals surface area contributed by atoms with Gasteiger partial charge in [0.2, 0.25) is 0 Å². The molecule has 5 unspecified atom stereocenters. The Labute approximate surface area is 138 Å². The van der Waals surface area contributed by atoms with E-state index in [0.717, 1.165) is 12.8 Å². The van der Waals surface area contributed by atoms with Gasteiger partial charge >= 0.3 is 0 Å². The summed E-state index contributed by atoms with van der Waals surface area (Å²) in [5.41, 5.74) is 0. The monoisotopic (exact) mass is 416 g/mol. The maximum absolute atomic E-state index is 6.67. The van der Waals surface area contributed by atoms with Crippen molar-refractivity contribution in [3.8, 4) is 0 Å². The lowest BCUT2D eigenvalue weighted by atomic mass is 9.85. The van der Waals surface area contributed by atoms with E-state index in [-0.39, 0.29) is 16.7 Å². The standard InChI is InChI=1S/C10H7BrCl6/c11-4-2-1-3-5(4)9(15)7(13)6(12)8(3,14)10(9,16)17/h3-5H,1-2H2. The number of fused-ring (bicyclic) bond motifs is 5. The van der Waals surface area contributed by atoms with E-state index in [9.17, 15) is 0 Å². The van der Waals surface area contributed by atoms with Crippen molar-refractivity contribution >= 4 is 85.5 Å². The Bertz CT molecular complexity index is 435. The fourth-order valence-corrected chi connectivity index (χ4v) is 7.85. The molecule has 0 aromatic heterocycles. The van der Waals surface area contributed by atoms with Crippen LogP contribution in [-0.2, 0) is 0 Å². The predicted octanol–water partition coefficient (Wildman–Crippen LogP) is 5.62. The first kappa shape index (κ1) is 13.9. The predicted molar refractivity (Wildman–Crippen MR) is 79.3 cm³/mol. The molecule has 0 aromatic carbocycles. The van der Waals surface area contributed by atoms with Crippen LogP contribution < -0.4 is 0 Å². The molecule has 2 fully saturated rings. The molecule has 96 valence electrons. The SMILES string of the molecule is ClC1=C(Cl)C2(Cl)C3C(Br)CCC3C1(Cl)C2(Cl)Cl. The highest BCUT2D eigenvalue weighted by Gasteiger charge is 2.83. The topological polar surface area (TPSA) is 0 Å². The fourth-order valence-electron chi connectivity index (χ4n) is 3.53. The Kier molecular flexibility index (Phi) is 3.10. The van der Waals surface area contributed by atoms with Crippen molar-refractivity contribution in [1.29, 1.82) is 0 Å². The van der Waals surface area contributed by atoms with Crippen molar-refractivity contribution in [3.63, 3.8) is 0 Å². The van der Waals surface area contributed by atoms with E-state index >= 15 is 0 Å². The van der Waals surface area contributed by atoms with Crippen molar-refractivity contribution in [2.75, 3.05) is 0 Å². The minimum absolute atomic E-state index is 0.00617. The van der Waals surface area contributed by atoms with Crippen LogP contribution in [0.2, 0.25) is 0 Å². The summed E-state index contributed by atoms with van der Waals surface area (Å²) >= 11 is 42.3. The lowest BCUT2D eigenvalue weighted by Gasteiger charge is -2.34. The first-order chi connectivity index (χ1) is 7.70. The van der Waals surface area contributed by atoms with Crippen molar-refractivity contribution in [3.05, 3.63) is 10.1 Å². The summed E-state index contributed by atoms with van der Waals surface area (Å²) in [6, 6.07) is 0. The molecule has 0 radical (unpaired) electrons. The van der Waals surface area contributed by atoms with Gasteiger partial charge in [-0.2, -0.15) is 0 Å². The highest BCUT2D eigenvalue weighted by Crippen LogP contribution is 2.79. The third-order valence-electron chi connectivity index (χ3n) is 4.29. The van der Waals surface area contributed by atoms with Crippen LogP contribution >= 0.6 is 85.5 Å². The van der Waals surface area contributed by atoms with Crippen LogP contribution in [0.4, 0.5) is 0 Å². The van der Waals surface area contributed by atoms with E-state index in [4.69, 9.17) is 69.6 Å². The maximum atomic E-state index is 6.67. The molecule has 3 rings (SSSR count). The fraction of sp³-hybridized carbons (Fsp3) is 0.800. The van der Waals surface area contributed by atoms with Gasteiger partial charge in [-0.1, -0.05) is 62.3 Å². The Balaban J connectivity index is 2.29. The van der Waals surface area contributed by atoms with E-state index in [0.29, 0.717) is 10.1 Å². The summed E-state index contributed by atoms with van der Waals surface area (Å²) in [6.45, 7) is 0. The summed E-state index contributed by atoms with van der Waals surface area (Å²) < 4.78 is -1.38. The Morgan fingerprint density at radius 1 is 0.941 bits per heavy atom. The van der Waals surface area contributed by atoms with Crippen molar-refractivity contribution in [2.45, 2.75) is 31.8 Å². The zero-order valence-electron chi connectivity index (χ0n) is 8.29. The van der Waals surface area contributed by atoms with Gasteiger partial charge in [0.1, 0.15) is 9.75 Å². The lowest BCUT2D eigenvalue weighted by Crippen LogP contribution is -2.46. The lowest BCUT2D eigenvalue weighted by molar-refractivity contribution is 0.389. The van der Waals surface area contributed by atoms with Crippen LogP contribution in [-0.4, -0.2) is 18.9 Å². The molecule has 3 aliphatic carbocycles.